The Balaban J connectivity index is 1.76. The fraction of sp³-hybridized carbons (Fsp3) is 0.278. The minimum Gasteiger partial charge on any atom is -0.395 e. The summed E-state index contributed by atoms with van der Waals surface area (Å²) in [5.41, 5.74) is 1.82. The van der Waals surface area contributed by atoms with Gasteiger partial charge in [0.1, 0.15) is 0 Å². The Morgan fingerprint density at radius 2 is 1.77 bits per heavy atom. The lowest BCUT2D eigenvalue weighted by Crippen LogP contribution is -2.36. The smallest absolute Gasteiger partial charge is 0.315 e. The average molecular weight is 397 g/mol. The quantitative estimate of drug-likeness (QED) is 0.637. The molecule has 26 heavy (non-hydrogen) atoms. The van der Waals surface area contributed by atoms with E-state index in [1.165, 1.54) is 12.1 Å². The number of carbonyl (C=O) groups excluding carboxylic acids is 1. The van der Waals surface area contributed by atoms with E-state index in [1.807, 2.05) is 18.2 Å². The van der Waals surface area contributed by atoms with E-state index in [0.717, 1.165) is 11.1 Å². The van der Waals surface area contributed by atoms with Crippen LogP contribution in [0.4, 0.5) is 4.79 Å². The van der Waals surface area contributed by atoms with Gasteiger partial charge in [0.2, 0.25) is 0 Å². The third kappa shape index (κ3) is 6.33. The minimum absolute atomic E-state index is 0.154. The van der Waals surface area contributed by atoms with Crippen LogP contribution in [-0.4, -0.2) is 38.5 Å². The normalized spacial score (nSPS) is 11.2. The molecule has 0 saturated heterocycles. The predicted octanol–water partition coefficient (Wildman–Crippen LogP) is 2.15. The second-order valence-electron chi connectivity index (χ2n) is 5.68. The van der Waals surface area contributed by atoms with E-state index in [9.17, 15) is 13.2 Å². The number of amides is 2. The van der Waals surface area contributed by atoms with E-state index in [1.54, 1.807) is 18.2 Å². The Labute approximate surface area is 158 Å². The Bertz CT molecular complexity index is 839. The molecule has 2 aromatic carbocycles. The van der Waals surface area contributed by atoms with Gasteiger partial charge in [-0.15, -0.1) is 0 Å². The van der Waals surface area contributed by atoms with Gasteiger partial charge in [0.25, 0.3) is 0 Å². The van der Waals surface area contributed by atoms with Crippen molar-refractivity contribution in [1.29, 1.82) is 0 Å². The van der Waals surface area contributed by atoms with Crippen molar-refractivity contribution in [2.24, 2.45) is 0 Å². The molecule has 0 heterocycles. The Morgan fingerprint density at radius 3 is 2.42 bits per heavy atom. The van der Waals surface area contributed by atoms with Crippen LogP contribution >= 0.6 is 11.6 Å². The molecule has 0 saturated carbocycles. The van der Waals surface area contributed by atoms with E-state index >= 15 is 0 Å². The summed E-state index contributed by atoms with van der Waals surface area (Å²) in [5.74, 6) is -0.306. The number of aliphatic hydroxyl groups excluding tert-OH is 1. The number of halogens is 1. The SMILES string of the molecule is O=C(NCCc1cccc(Cl)c1)NCc1ccc(S(=O)(=O)CCO)cc1. The van der Waals surface area contributed by atoms with Crippen LogP contribution < -0.4 is 10.6 Å². The molecule has 0 unspecified atom stereocenters. The van der Waals surface area contributed by atoms with Crippen molar-refractivity contribution < 1.29 is 18.3 Å². The van der Waals surface area contributed by atoms with Gasteiger partial charge in [-0.05, 0) is 41.8 Å². The van der Waals surface area contributed by atoms with E-state index < -0.39 is 16.4 Å². The lowest BCUT2D eigenvalue weighted by atomic mass is 10.1. The molecule has 0 aliphatic carbocycles. The van der Waals surface area contributed by atoms with Crippen LogP contribution in [-0.2, 0) is 22.8 Å². The van der Waals surface area contributed by atoms with Crippen molar-refractivity contribution in [2.45, 2.75) is 17.9 Å². The van der Waals surface area contributed by atoms with Crippen molar-refractivity contribution in [1.82, 2.24) is 10.6 Å². The maximum atomic E-state index is 11.8. The predicted molar refractivity (Wildman–Crippen MR) is 101 cm³/mol. The Kier molecular flexibility index (Phi) is 7.44. The minimum atomic E-state index is -3.46. The highest BCUT2D eigenvalue weighted by Crippen LogP contribution is 2.12. The number of nitrogens with one attached hydrogen (secondary N) is 2. The lowest BCUT2D eigenvalue weighted by Gasteiger charge is -2.09. The number of rotatable bonds is 8. The standard InChI is InChI=1S/C18H21ClN2O4S/c19-16-3-1-2-14(12-16)8-9-20-18(23)21-13-15-4-6-17(7-5-15)26(24,25)11-10-22/h1-7,12,22H,8-11,13H2,(H2,20,21,23). The summed E-state index contributed by atoms with van der Waals surface area (Å²) >= 11 is 5.91. The zero-order valence-corrected chi connectivity index (χ0v) is 15.7. The summed E-state index contributed by atoms with van der Waals surface area (Å²) in [6.45, 7) is 0.342. The molecule has 0 spiro atoms. The molecular weight excluding hydrogens is 376 g/mol. The number of aliphatic hydroxyl groups is 1. The first-order valence-electron chi connectivity index (χ1n) is 8.09. The van der Waals surface area contributed by atoms with Gasteiger partial charge in [-0.2, -0.15) is 0 Å². The second kappa shape index (κ2) is 9.56. The number of benzene rings is 2. The molecule has 3 N–H and O–H groups in total. The molecule has 0 radical (unpaired) electrons. The molecule has 0 aliphatic rings. The zero-order chi connectivity index (χ0) is 19.0. The molecule has 0 atom stereocenters. The van der Waals surface area contributed by atoms with Gasteiger partial charge < -0.3 is 15.7 Å². The zero-order valence-electron chi connectivity index (χ0n) is 14.1. The number of urea groups is 1. The van der Waals surface area contributed by atoms with E-state index in [-0.39, 0.29) is 23.2 Å². The van der Waals surface area contributed by atoms with Crippen molar-refractivity contribution in [3.63, 3.8) is 0 Å². The Morgan fingerprint density at radius 1 is 1.04 bits per heavy atom. The maximum absolute atomic E-state index is 11.8. The van der Waals surface area contributed by atoms with Crippen LogP contribution in [0.2, 0.25) is 5.02 Å². The summed E-state index contributed by atoms with van der Waals surface area (Å²) in [6.07, 6.45) is 0.672. The highest BCUT2D eigenvalue weighted by atomic mass is 35.5. The van der Waals surface area contributed by atoms with Gasteiger partial charge in [0, 0.05) is 18.1 Å². The number of hydrogen-bond acceptors (Lipinski definition) is 4. The first-order chi connectivity index (χ1) is 12.4. The molecule has 8 heteroatoms. The van der Waals surface area contributed by atoms with Gasteiger partial charge >= 0.3 is 6.03 Å². The van der Waals surface area contributed by atoms with Crippen LogP contribution in [0.3, 0.4) is 0 Å². The molecule has 2 aromatic rings. The highest BCUT2D eigenvalue weighted by molar-refractivity contribution is 7.91. The fourth-order valence-electron chi connectivity index (χ4n) is 2.31. The summed E-state index contributed by atoms with van der Waals surface area (Å²) in [4.78, 5) is 12.0. The van der Waals surface area contributed by atoms with Gasteiger partial charge in [0.15, 0.2) is 9.84 Å². The van der Waals surface area contributed by atoms with Crippen LogP contribution in [0.5, 0.6) is 0 Å². The van der Waals surface area contributed by atoms with Gasteiger partial charge in [-0.3, -0.25) is 0 Å². The average Bonchev–Trinajstić information content (AvgIpc) is 2.60. The molecule has 2 amide bonds. The van der Waals surface area contributed by atoms with Crippen molar-refractivity contribution in [2.75, 3.05) is 18.9 Å². The largest absolute Gasteiger partial charge is 0.395 e. The van der Waals surface area contributed by atoms with Crippen LogP contribution in [0.15, 0.2) is 53.4 Å². The van der Waals surface area contributed by atoms with E-state index in [2.05, 4.69) is 10.6 Å². The summed E-state index contributed by atoms with van der Waals surface area (Å²) in [6, 6.07) is 13.4. The monoisotopic (exact) mass is 396 g/mol. The van der Waals surface area contributed by atoms with Crippen molar-refractivity contribution >= 4 is 27.5 Å². The van der Waals surface area contributed by atoms with Gasteiger partial charge in [-0.25, -0.2) is 13.2 Å². The van der Waals surface area contributed by atoms with Crippen molar-refractivity contribution in [3.8, 4) is 0 Å². The third-order valence-electron chi connectivity index (χ3n) is 3.68. The second-order valence-corrected chi connectivity index (χ2v) is 8.22. The Hall–Kier alpha value is -2.09. The molecule has 0 bridgehead atoms. The number of sulfone groups is 1. The molecule has 0 fully saturated rings. The lowest BCUT2D eigenvalue weighted by molar-refractivity contribution is 0.240. The number of hydrogen-bond donors (Lipinski definition) is 3. The highest BCUT2D eigenvalue weighted by Gasteiger charge is 2.13. The fourth-order valence-corrected chi connectivity index (χ4v) is 3.55. The third-order valence-corrected chi connectivity index (χ3v) is 5.63. The van der Waals surface area contributed by atoms with Gasteiger partial charge in [0.05, 0.1) is 17.3 Å². The summed E-state index contributed by atoms with van der Waals surface area (Å²) in [7, 11) is -3.46. The van der Waals surface area contributed by atoms with Gasteiger partial charge in [-0.1, -0.05) is 35.9 Å². The molecule has 0 aliphatic heterocycles. The van der Waals surface area contributed by atoms with E-state index in [0.29, 0.717) is 18.0 Å². The summed E-state index contributed by atoms with van der Waals surface area (Å²) in [5, 5.41) is 14.9. The van der Waals surface area contributed by atoms with Crippen LogP contribution in [0.1, 0.15) is 11.1 Å². The topological polar surface area (TPSA) is 95.5 Å². The molecular formula is C18H21ClN2O4S. The first kappa shape index (κ1) is 20.2. The summed E-state index contributed by atoms with van der Waals surface area (Å²) < 4.78 is 23.6. The molecule has 0 aromatic heterocycles. The molecule has 2 rings (SSSR count). The first-order valence-corrected chi connectivity index (χ1v) is 10.1. The molecule has 6 nitrogen and oxygen atoms in total. The molecule has 140 valence electrons. The maximum Gasteiger partial charge on any atom is 0.315 e. The van der Waals surface area contributed by atoms with Crippen LogP contribution in [0.25, 0.3) is 0 Å². The van der Waals surface area contributed by atoms with E-state index in [4.69, 9.17) is 16.7 Å². The van der Waals surface area contributed by atoms with Crippen LogP contribution in [0, 0.1) is 0 Å². The van der Waals surface area contributed by atoms with Crippen molar-refractivity contribution in [3.05, 3.63) is 64.7 Å². The number of carbonyl (C=O) groups is 1.